The van der Waals surface area contributed by atoms with E-state index in [0.29, 0.717) is 0 Å². The Labute approximate surface area is 241 Å². The van der Waals surface area contributed by atoms with E-state index in [0.717, 1.165) is 36.8 Å². The lowest BCUT2D eigenvalue weighted by atomic mass is 10.0. The van der Waals surface area contributed by atoms with Crippen molar-refractivity contribution in [2.24, 2.45) is 0 Å². The number of carbonyl (C=O) groups excluding carboxylic acids is 2. The van der Waals surface area contributed by atoms with Crippen molar-refractivity contribution in [2.45, 2.75) is 104 Å². The number of ether oxygens (including phenoxy) is 2. The molecule has 0 amide bonds. The molecule has 0 N–H and O–H groups in total. The lowest BCUT2D eigenvalue weighted by molar-refractivity contribution is 0.0424. The summed E-state index contributed by atoms with van der Waals surface area (Å²) in [7, 11) is 0. The van der Waals surface area contributed by atoms with Gasteiger partial charge < -0.3 is 9.47 Å². The van der Waals surface area contributed by atoms with Crippen LogP contribution in [0.2, 0.25) is 0 Å². The second-order valence-corrected chi connectivity index (χ2v) is 10.6. The minimum Gasteiger partial charge on any atom is -0.457 e. The van der Waals surface area contributed by atoms with Crippen LogP contribution in [-0.4, -0.2) is 11.9 Å². The molecule has 214 valence electrons. The molecule has 3 aromatic rings. The average molecular weight is 543 g/mol. The van der Waals surface area contributed by atoms with Crippen molar-refractivity contribution >= 4 is 11.9 Å². The second-order valence-electron chi connectivity index (χ2n) is 10.6. The Hall–Kier alpha value is -3.40. The molecule has 0 radical (unpaired) electrons. The molecular formula is C36H46O4. The van der Waals surface area contributed by atoms with Crippen LogP contribution in [0.3, 0.4) is 0 Å². The number of rotatable bonds is 18. The van der Waals surface area contributed by atoms with Gasteiger partial charge in [-0.2, -0.15) is 0 Å². The number of unbranched alkanes of at least 4 members (excludes halogenated alkanes) is 8. The van der Waals surface area contributed by atoms with Gasteiger partial charge >= 0.3 is 11.9 Å². The fourth-order valence-electron chi connectivity index (χ4n) is 5.00. The lowest BCUT2D eigenvalue weighted by Crippen LogP contribution is -2.14. The first-order valence-electron chi connectivity index (χ1n) is 15.2. The minimum atomic E-state index is -0.516. The van der Waals surface area contributed by atoms with Crippen LogP contribution in [0.5, 0.6) is 0 Å². The van der Waals surface area contributed by atoms with E-state index in [1.807, 2.05) is 36.4 Å². The summed E-state index contributed by atoms with van der Waals surface area (Å²) in [4.78, 5) is 26.2. The third-order valence-electron chi connectivity index (χ3n) is 7.42. The van der Waals surface area contributed by atoms with E-state index in [-0.39, 0.29) is 24.3 Å². The maximum Gasteiger partial charge on any atom is 0.339 e. The third kappa shape index (κ3) is 10.3. The standard InChI is InChI=1S/C36H46O4/c1-3-5-7-9-11-19-29-21-13-15-23-31(29)27-39-35(37)33-25-17-18-26-34(33)36(38)40-28-32-24-16-14-22-30(32)20-12-10-8-6-4-2/h13-18,21-26H,3-12,19-20,27-28H2,1-2H3. The molecule has 3 rings (SSSR count). The van der Waals surface area contributed by atoms with Gasteiger partial charge in [0.25, 0.3) is 0 Å². The Morgan fingerprint density at radius 2 is 0.825 bits per heavy atom. The molecule has 0 aliphatic rings. The summed E-state index contributed by atoms with van der Waals surface area (Å²) in [6.45, 7) is 4.80. The van der Waals surface area contributed by atoms with E-state index in [4.69, 9.17) is 9.47 Å². The number of hydrogen-bond donors (Lipinski definition) is 0. The lowest BCUT2D eigenvalue weighted by Gasteiger charge is -2.13. The molecule has 3 aromatic carbocycles. The van der Waals surface area contributed by atoms with Crippen LogP contribution in [0.1, 0.15) is 121 Å². The van der Waals surface area contributed by atoms with Crippen LogP contribution < -0.4 is 0 Å². The summed E-state index contributed by atoms with van der Waals surface area (Å²) in [6, 6.07) is 23.0. The molecule has 0 aromatic heterocycles. The fraction of sp³-hybridized carbons (Fsp3) is 0.444. The highest BCUT2D eigenvalue weighted by Crippen LogP contribution is 2.19. The van der Waals surface area contributed by atoms with E-state index >= 15 is 0 Å². The van der Waals surface area contributed by atoms with Crippen molar-refractivity contribution in [3.63, 3.8) is 0 Å². The molecule has 0 bridgehead atoms. The summed E-state index contributed by atoms with van der Waals surface area (Å²) in [5, 5.41) is 0. The molecule has 0 heterocycles. The topological polar surface area (TPSA) is 52.6 Å². The summed E-state index contributed by atoms with van der Waals surface area (Å²) >= 11 is 0. The van der Waals surface area contributed by atoms with Crippen LogP contribution >= 0.6 is 0 Å². The van der Waals surface area contributed by atoms with E-state index in [1.165, 1.54) is 62.5 Å². The zero-order chi connectivity index (χ0) is 28.4. The SMILES string of the molecule is CCCCCCCc1ccccc1COC(=O)c1ccccc1C(=O)OCc1ccccc1CCCCCCC. The van der Waals surface area contributed by atoms with Gasteiger partial charge in [0.2, 0.25) is 0 Å². The van der Waals surface area contributed by atoms with Gasteiger partial charge in [-0.15, -0.1) is 0 Å². The maximum absolute atomic E-state index is 13.1. The molecule has 0 saturated carbocycles. The van der Waals surface area contributed by atoms with Crippen molar-refractivity contribution < 1.29 is 19.1 Å². The van der Waals surface area contributed by atoms with E-state index in [9.17, 15) is 9.59 Å². The van der Waals surface area contributed by atoms with Crippen LogP contribution in [0, 0.1) is 0 Å². The van der Waals surface area contributed by atoms with Gasteiger partial charge in [0, 0.05) is 0 Å². The largest absolute Gasteiger partial charge is 0.457 e. The molecule has 4 nitrogen and oxygen atoms in total. The van der Waals surface area contributed by atoms with Crippen LogP contribution in [0.4, 0.5) is 0 Å². The number of aryl methyl sites for hydroxylation is 2. The Morgan fingerprint density at radius 3 is 1.23 bits per heavy atom. The van der Waals surface area contributed by atoms with E-state index in [1.54, 1.807) is 24.3 Å². The Balaban J connectivity index is 1.57. The van der Waals surface area contributed by atoms with Crippen molar-refractivity contribution in [1.82, 2.24) is 0 Å². The van der Waals surface area contributed by atoms with Gasteiger partial charge in [-0.25, -0.2) is 9.59 Å². The third-order valence-corrected chi connectivity index (χ3v) is 7.42. The number of benzene rings is 3. The van der Waals surface area contributed by atoms with Crippen molar-refractivity contribution in [3.8, 4) is 0 Å². The Morgan fingerprint density at radius 1 is 0.475 bits per heavy atom. The average Bonchev–Trinajstić information content (AvgIpc) is 2.99. The van der Waals surface area contributed by atoms with Gasteiger partial charge in [0.1, 0.15) is 13.2 Å². The number of carbonyl (C=O) groups is 2. The first-order valence-corrected chi connectivity index (χ1v) is 15.2. The molecule has 4 heteroatoms. The minimum absolute atomic E-state index is 0.180. The normalized spacial score (nSPS) is 10.8. The number of hydrogen-bond acceptors (Lipinski definition) is 4. The van der Waals surface area contributed by atoms with Crippen LogP contribution in [-0.2, 0) is 35.5 Å². The van der Waals surface area contributed by atoms with Gasteiger partial charge in [0.05, 0.1) is 11.1 Å². The highest BCUT2D eigenvalue weighted by atomic mass is 16.5. The van der Waals surface area contributed by atoms with Crippen LogP contribution in [0.25, 0.3) is 0 Å². The molecule has 0 unspecified atom stereocenters. The van der Waals surface area contributed by atoms with Gasteiger partial charge in [-0.3, -0.25) is 0 Å². The maximum atomic E-state index is 13.1. The first-order chi connectivity index (χ1) is 19.6. The summed E-state index contributed by atoms with van der Waals surface area (Å²) in [5.41, 5.74) is 4.91. The molecule has 0 fully saturated rings. The first kappa shape index (κ1) is 31.1. The van der Waals surface area contributed by atoms with Gasteiger partial charge in [0.15, 0.2) is 0 Å². The fourth-order valence-corrected chi connectivity index (χ4v) is 5.00. The van der Waals surface area contributed by atoms with E-state index in [2.05, 4.69) is 26.0 Å². The molecule has 0 saturated heterocycles. The predicted octanol–water partition coefficient (Wildman–Crippen LogP) is 9.43. The van der Waals surface area contributed by atoms with Gasteiger partial charge in [-0.1, -0.05) is 126 Å². The van der Waals surface area contributed by atoms with E-state index < -0.39 is 11.9 Å². The van der Waals surface area contributed by atoms with Gasteiger partial charge in [-0.05, 0) is 60.1 Å². The monoisotopic (exact) mass is 542 g/mol. The summed E-state index contributed by atoms with van der Waals surface area (Å²) < 4.78 is 11.4. The molecule has 0 aliphatic carbocycles. The molecule has 0 atom stereocenters. The predicted molar refractivity (Wildman–Crippen MR) is 162 cm³/mol. The second kappa shape index (κ2) is 18.0. The smallest absolute Gasteiger partial charge is 0.339 e. The Bertz CT molecular complexity index is 1090. The molecule has 40 heavy (non-hydrogen) atoms. The van der Waals surface area contributed by atoms with Crippen molar-refractivity contribution in [3.05, 3.63) is 106 Å². The quantitative estimate of drug-likeness (QED) is 0.119. The Kier molecular flexibility index (Phi) is 14.0. The number of esters is 2. The summed E-state index contributed by atoms with van der Waals surface area (Å²) in [5.74, 6) is -1.03. The zero-order valence-corrected chi connectivity index (χ0v) is 24.5. The van der Waals surface area contributed by atoms with Crippen molar-refractivity contribution in [2.75, 3.05) is 0 Å². The molecule has 0 spiro atoms. The molecular weight excluding hydrogens is 496 g/mol. The molecule has 0 aliphatic heterocycles. The zero-order valence-electron chi connectivity index (χ0n) is 24.5. The highest BCUT2D eigenvalue weighted by Gasteiger charge is 2.20. The highest BCUT2D eigenvalue weighted by molar-refractivity contribution is 6.03. The summed E-state index contributed by atoms with van der Waals surface area (Å²) in [6.07, 6.45) is 14.1. The van der Waals surface area contributed by atoms with Crippen LogP contribution in [0.15, 0.2) is 72.8 Å². The van der Waals surface area contributed by atoms with Crippen molar-refractivity contribution in [1.29, 1.82) is 0 Å².